The Labute approximate surface area is 94.8 Å². The second-order valence-corrected chi connectivity index (χ2v) is 3.70. The van der Waals surface area contributed by atoms with E-state index in [1.807, 2.05) is 24.1 Å². The molecule has 0 spiro atoms. The van der Waals surface area contributed by atoms with Gasteiger partial charge in [0.1, 0.15) is 5.82 Å². The molecule has 2 N–H and O–H groups in total. The van der Waals surface area contributed by atoms with Crippen molar-refractivity contribution in [3.8, 4) is 0 Å². The van der Waals surface area contributed by atoms with Crippen LogP contribution >= 0.6 is 0 Å². The van der Waals surface area contributed by atoms with Crippen LogP contribution in [-0.2, 0) is 0 Å². The molecule has 2 aromatic rings. The maximum Gasteiger partial charge on any atom is 0.153 e. The van der Waals surface area contributed by atoms with Crippen LogP contribution in [0.4, 0.5) is 17.3 Å². The number of nitrogens with zero attached hydrogens (tertiary/aromatic N) is 3. The van der Waals surface area contributed by atoms with Gasteiger partial charge < -0.3 is 10.6 Å². The monoisotopic (exact) mass is 214 g/mol. The van der Waals surface area contributed by atoms with E-state index in [0.717, 1.165) is 11.5 Å². The van der Waals surface area contributed by atoms with Crippen molar-refractivity contribution in [2.75, 3.05) is 17.7 Å². The highest BCUT2D eigenvalue weighted by Crippen LogP contribution is 2.21. The molecule has 0 saturated carbocycles. The molecule has 4 nitrogen and oxygen atoms in total. The lowest BCUT2D eigenvalue weighted by atomic mass is 10.2. The fraction of sp³-hybridized carbons (Fsp3) is 0.167. The average Bonchev–Trinajstić information content (AvgIpc) is 2.28. The molecule has 0 radical (unpaired) electrons. The number of rotatable bonds is 2. The first-order valence-electron chi connectivity index (χ1n) is 5.05. The summed E-state index contributed by atoms with van der Waals surface area (Å²) in [6, 6.07) is 8.19. The summed E-state index contributed by atoms with van der Waals surface area (Å²) in [7, 11) is 1.94. The molecule has 1 aromatic heterocycles. The predicted molar refractivity (Wildman–Crippen MR) is 65.7 cm³/mol. The predicted octanol–water partition coefficient (Wildman–Crippen LogP) is 2.14. The maximum atomic E-state index is 5.60. The minimum atomic E-state index is 0.428. The number of benzene rings is 1. The Balaban J connectivity index is 2.35. The van der Waals surface area contributed by atoms with E-state index in [1.54, 1.807) is 6.20 Å². The Kier molecular flexibility index (Phi) is 2.72. The number of hydrogen-bond acceptors (Lipinski definition) is 4. The third-order valence-corrected chi connectivity index (χ3v) is 2.37. The minimum Gasteiger partial charge on any atom is -0.382 e. The fourth-order valence-electron chi connectivity index (χ4n) is 1.50. The van der Waals surface area contributed by atoms with Crippen molar-refractivity contribution in [1.82, 2.24) is 9.97 Å². The lowest BCUT2D eigenvalue weighted by molar-refractivity contribution is 1.09. The van der Waals surface area contributed by atoms with Gasteiger partial charge in [0.2, 0.25) is 0 Å². The molecule has 0 aliphatic heterocycles. The highest BCUT2D eigenvalue weighted by molar-refractivity contribution is 5.60. The Morgan fingerprint density at radius 2 is 2.06 bits per heavy atom. The highest BCUT2D eigenvalue weighted by atomic mass is 15.2. The minimum absolute atomic E-state index is 0.428. The molecule has 1 heterocycles. The average molecular weight is 214 g/mol. The van der Waals surface area contributed by atoms with E-state index in [0.29, 0.717) is 5.82 Å². The van der Waals surface area contributed by atoms with Crippen molar-refractivity contribution in [1.29, 1.82) is 0 Å². The van der Waals surface area contributed by atoms with Gasteiger partial charge in [-0.2, -0.15) is 0 Å². The molecule has 0 unspecified atom stereocenters. The summed E-state index contributed by atoms with van der Waals surface area (Å²) in [6.45, 7) is 2.06. The van der Waals surface area contributed by atoms with Crippen molar-refractivity contribution in [2.24, 2.45) is 0 Å². The number of aryl methyl sites for hydroxylation is 1. The molecule has 0 atom stereocenters. The third kappa shape index (κ3) is 2.11. The Morgan fingerprint density at radius 1 is 1.25 bits per heavy atom. The summed E-state index contributed by atoms with van der Waals surface area (Å²) >= 11 is 0. The van der Waals surface area contributed by atoms with Crippen LogP contribution in [0.25, 0.3) is 0 Å². The fourth-order valence-corrected chi connectivity index (χ4v) is 1.50. The molecule has 0 saturated heterocycles. The number of anilines is 3. The van der Waals surface area contributed by atoms with Gasteiger partial charge in [-0.3, -0.25) is 4.98 Å². The third-order valence-electron chi connectivity index (χ3n) is 2.37. The van der Waals surface area contributed by atoms with Crippen LogP contribution in [0.5, 0.6) is 0 Å². The van der Waals surface area contributed by atoms with Crippen LogP contribution in [0.3, 0.4) is 0 Å². The Bertz CT molecular complexity index is 450. The number of nitrogen functional groups attached to an aromatic ring is 1. The topological polar surface area (TPSA) is 55.0 Å². The van der Waals surface area contributed by atoms with Crippen LogP contribution in [0.1, 0.15) is 5.56 Å². The summed E-state index contributed by atoms with van der Waals surface area (Å²) in [5.41, 5.74) is 7.88. The zero-order valence-electron chi connectivity index (χ0n) is 9.38. The van der Waals surface area contributed by atoms with E-state index >= 15 is 0 Å². The zero-order chi connectivity index (χ0) is 11.5. The molecule has 4 heteroatoms. The van der Waals surface area contributed by atoms with E-state index in [4.69, 9.17) is 5.73 Å². The van der Waals surface area contributed by atoms with Gasteiger partial charge in [-0.25, -0.2) is 4.98 Å². The molecule has 0 bridgehead atoms. The van der Waals surface area contributed by atoms with Crippen LogP contribution in [0.2, 0.25) is 0 Å². The Morgan fingerprint density at radius 3 is 2.75 bits per heavy atom. The van der Waals surface area contributed by atoms with E-state index in [2.05, 4.69) is 29.0 Å². The van der Waals surface area contributed by atoms with Gasteiger partial charge in [0.05, 0.1) is 12.4 Å². The van der Waals surface area contributed by atoms with E-state index in [9.17, 15) is 0 Å². The molecule has 0 amide bonds. The van der Waals surface area contributed by atoms with E-state index < -0.39 is 0 Å². The van der Waals surface area contributed by atoms with Gasteiger partial charge in [0, 0.05) is 12.7 Å². The molecule has 16 heavy (non-hydrogen) atoms. The van der Waals surface area contributed by atoms with Gasteiger partial charge in [-0.05, 0) is 24.6 Å². The molecule has 0 aliphatic carbocycles. The zero-order valence-corrected chi connectivity index (χ0v) is 9.38. The molecule has 2 rings (SSSR count). The molecular weight excluding hydrogens is 200 g/mol. The number of nitrogens with two attached hydrogens (primary N) is 1. The summed E-state index contributed by atoms with van der Waals surface area (Å²) < 4.78 is 0. The van der Waals surface area contributed by atoms with Gasteiger partial charge in [0.25, 0.3) is 0 Å². The smallest absolute Gasteiger partial charge is 0.153 e. The highest BCUT2D eigenvalue weighted by Gasteiger charge is 2.05. The van der Waals surface area contributed by atoms with Gasteiger partial charge in [-0.1, -0.05) is 12.1 Å². The molecule has 0 aliphatic rings. The second kappa shape index (κ2) is 4.18. The van der Waals surface area contributed by atoms with Gasteiger partial charge in [-0.15, -0.1) is 0 Å². The first-order chi connectivity index (χ1) is 7.66. The first kappa shape index (κ1) is 10.4. The quantitative estimate of drug-likeness (QED) is 0.832. The van der Waals surface area contributed by atoms with Crippen molar-refractivity contribution in [2.45, 2.75) is 6.92 Å². The van der Waals surface area contributed by atoms with Crippen molar-refractivity contribution in [3.63, 3.8) is 0 Å². The molecule has 1 aromatic carbocycles. The molecular formula is C12H14N4. The summed E-state index contributed by atoms with van der Waals surface area (Å²) in [5, 5.41) is 0. The largest absolute Gasteiger partial charge is 0.382 e. The number of aromatic nitrogens is 2. The summed E-state index contributed by atoms with van der Waals surface area (Å²) in [6.07, 6.45) is 3.23. The molecule has 82 valence electrons. The van der Waals surface area contributed by atoms with Crippen LogP contribution in [0, 0.1) is 6.92 Å². The van der Waals surface area contributed by atoms with Gasteiger partial charge in [0.15, 0.2) is 5.82 Å². The van der Waals surface area contributed by atoms with Crippen molar-refractivity contribution >= 4 is 17.3 Å². The standard InChI is InChI=1S/C12H14N4/c1-9-4-3-5-10(6-9)16(2)12-8-14-7-11(13)15-12/h3-8H,1-2H3,(H2,13,15). The SMILES string of the molecule is Cc1cccc(N(C)c2cncc(N)n2)c1. The van der Waals surface area contributed by atoms with Crippen LogP contribution in [-0.4, -0.2) is 17.0 Å². The van der Waals surface area contributed by atoms with E-state index in [-0.39, 0.29) is 0 Å². The summed E-state index contributed by atoms with van der Waals surface area (Å²) in [4.78, 5) is 10.2. The second-order valence-electron chi connectivity index (χ2n) is 3.70. The normalized spacial score (nSPS) is 10.1. The number of hydrogen-bond donors (Lipinski definition) is 1. The lowest BCUT2D eigenvalue weighted by Gasteiger charge is -2.18. The summed E-state index contributed by atoms with van der Waals surface area (Å²) in [5.74, 6) is 1.17. The van der Waals surface area contributed by atoms with E-state index in [1.165, 1.54) is 11.8 Å². The Hall–Kier alpha value is -2.10. The van der Waals surface area contributed by atoms with Crippen molar-refractivity contribution in [3.05, 3.63) is 42.2 Å². The van der Waals surface area contributed by atoms with Crippen LogP contribution in [0.15, 0.2) is 36.7 Å². The lowest BCUT2D eigenvalue weighted by Crippen LogP contribution is -2.12. The van der Waals surface area contributed by atoms with Crippen LogP contribution < -0.4 is 10.6 Å². The molecule has 0 fully saturated rings. The van der Waals surface area contributed by atoms with Crippen molar-refractivity contribution < 1.29 is 0 Å². The van der Waals surface area contributed by atoms with Gasteiger partial charge >= 0.3 is 0 Å². The maximum absolute atomic E-state index is 5.60. The first-order valence-corrected chi connectivity index (χ1v) is 5.05.